The molecular weight excluding hydrogens is 1770 g/mol. The summed E-state index contributed by atoms with van der Waals surface area (Å²) in [7, 11) is -7.19. The number of carbonyl (C=O) groups excluding carboxylic acids is 4. The summed E-state index contributed by atoms with van der Waals surface area (Å²) in [6.07, 6.45) is 4.49. The normalized spacial score (nSPS) is 12.2. The number of alkyl halides is 2. The molecule has 0 aliphatic heterocycles. The summed E-state index contributed by atoms with van der Waals surface area (Å²) < 4.78 is 125. The number of nitrogens with one attached hydrogen (secondary N) is 2. The summed E-state index contributed by atoms with van der Waals surface area (Å²) in [5, 5.41) is 35.7. The zero-order valence-electron chi connectivity index (χ0n) is 71.9. The monoisotopic (exact) mass is 1870 g/mol. The summed E-state index contributed by atoms with van der Waals surface area (Å²) in [5.74, 6) is -10.5. The molecule has 0 radical (unpaired) electrons. The van der Waals surface area contributed by atoms with Crippen molar-refractivity contribution in [3.05, 3.63) is 380 Å². The first kappa shape index (κ1) is 107. The number of rotatable bonds is 34. The molecule has 33 heteroatoms. The second-order valence-corrected chi connectivity index (χ2v) is 33.1. The number of carboxylic acid groups (broad SMARTS) is 3. The number of halogens is 6. The maximum Gasteiger partial charge on any atom is 0.324 e. The minimum Gasteiger partial charge on any atom is -0.481 e. The van der Waals surface area contributed by atoms with Crippen LogP contribution in [-0.2, 0) is 118 Å². The molecule has 0 saturated carbocycles. The lowest BCUT2D eigenvalue weighted by Crippen LogP contribution is -2.32. The number of benzene rings is 11. The van der Waals surface area contributed by atoms with E-state index in [1.165, 1.54) is 42.5 Å². The molecule has 7 atom stereocenters. The van der Waals surface area contributed by atoms with Crippen LogP contribution in [0, 0.1) is 33.4 Å². The Balaban J connectivity index is 0.000000273. The fourth-order valence-corrected chi connectivity index (χ4v) is 13.7. The van der Waals surface area contributed by atoms with Gasteiger partial charge in [-0.2, -0.15) is 4.39 Å². The van der Waals surface area contributed by atoms with Gasteiger partial charge < -0.3 is 45.7 Å². The molecule has 0 aromatic heterocycles. The Hall–Kier alpha value is -13.3. The van der Waals surface area contributed by atoms with E-state index in [0.717, 1.165) is 75.7 Å². The Bertz CT molecular complexity index is 5590. The van der Waals surface area contributed by atoms with Crippen LogP contribution in [0.2, 0.25) is 0 Å². The smallest absolute Gasteiger partial charge is 0.324 e. The second-order valence-electron chi connectivity index (χ2n) is 28.6. The summed E-state index contributed by atoms with van der Waals surface area (Å²) in [4.78, 5) is 90.0. The molecule has 0 bridgehead atoms. The third kappa shape index (κ3) is 39.9. The number of ether oxygens (including phenoxy) is 4. The van der Waals surface area contributed by atoms with Gasteiger partial charge in [-0.15, -0.1) is 23.2 Å². The van der Waals surface area contributed by atoms with Gasteiger partial charge in [0.1, 0.15) is 34.2 Å². The third-order valence-corrected chi connectivity index (χ3v) is 20.3. The lowest BCUT2D eigenvalue weighted by Gasteiger charge is -2.17. The van der Waals surface area contributed by atoms with Gasteiger partial charge in [-0.25, -0.2) is 30.0 Å². The first-order valence-electron chi connectivity index (χ1n) is 40.5. The number of esters is 4. The molecule has 0 fully saturated rings. The van der Waals surface area contributed by atoms with Crippen molar-refractivity contribution in [1.29, 1.82) is 0 Å². The van der Waals surface area contributed by atoms with E-state index in [-0.39, 0.29) is 54.2 Å². The van der Waals surface area contributed by atoms with E-state index in [1.807, 2.05) is 193 Å². The Kier molecular flexibility index (Phi) is 46.3. The van der Waals surface area contributed by atoms with Crippen LogP contribution < -0.4 is 20.9 Å². The van der Waals surface area contributed by atoms with Crippen LogP contribution in [0.5, 0.6) is 0 Å². The van der Waals surface area contributed by atoms with Crippen LogP contribution in [0.3, 0.4) is 0 Å². The van der Waals surface area contributed by atoms with Crippen LogP contribution in [0.25, 0.3) is 0 Å². The van der Waals surface area contributed by atoms with E-state index >= 15 is 0 Å². The molecule has 25 nitrogen and oxygen atoms in total. The predicted octanol–water partition coefficient (Wildman–Crippen LogP) is 17.6. The van der Waals surface area contributed by atoms with Crippen LogP contribution in [0.1, 0.15) is 113 Å². The Morgan fingerprint density at radius 1 is 0.362 bits per heavy atom. The van der Waals surface area contributed by atoms with Gasteiger partial charge in [0.2, 0.25) is 25.9 Å². The minimum absolute atomic E-state index is 0.0704. The van der Waals surface area contributed by atoms with Crippen LogP contribution in [-0.4, -0.2) is 135 Å². The number of sulfonamides is 2. The molecule has 7 unspecified atom stereocenters. The molecule has 690 valence electrons. The quantitative estimate of drug-likeness (QED) is 0.00374. The van der Waals surface area contributed by atoms with Crippen molar-refractivity contribution >= 4 is 108 Å². The van der Waals surface area contributed by atoms with E-state index in [4.69, 9.17) is 63.8 Å². The molecule has 130 heavy (non-hydrogen) atoms. The van der Waals surface area contributed by atoms with Crippen molar-refractivity contribution < 1.29 is 107 Å². The number of carbonyl (C=O) groups is 7. The van der Waals surface area contributed by atoms with Gasteiger partial charge in [0.15, 0.2) is 0 Å². The number of nitrogens with two attached hydrogens (primary N) is 2. The number of nitrogen functional groups attached to an aromatic ring is 1. The van der Waals surface area contributed by atoms with Gasteiger partial charge >= 0.3 is 47.5 Å². The van der Waals surface area contributed by atoms with E-state index in [0.29, 0.717) is 68.4 Å². The number of nitro groups is 1. The lowest BCUT2D eigenvalue weighted by molar-refractivity contribution is -0.387. The highest BCUT2D eigenvalue weighted by atomic mass is 35.5. The molecule has 0 saturated heterocycles. The van der Waals surface area contributed by atoms with Crippen molar-refractivity contribution in [3.63, 3.8) is 0 Å². The van der Waals surface area contributed by atoms with Gasteiger partial charge in [-0.1, -0.05) is 237 Å². The molecule has 0 heterocycles. The topological polar surface area (TPSA) is 405 Å². The number of aliphatic carboxylic acids is 3. The molecule has 11 rings (SSSR count). The molecule has 0 amide bonds. The van der Waals surface area contributed by atoms with E-state index < -0.39 is 124 Å². The number of anilines is 3. The highest BCUT2D eigenvalue weighted by molar-refractivity contribution is 7.92. The average molecular weight is 1870 g/mol. The largest absolute Gasteiger partial charge is 0.481 e. The van der Waals surface area contributed by atoms with Gasteiger partial charge in [0, 0.05) is 6.07 Å². The van der Waals surface area contributed by atoms with Crippen LogP contribution >= 0.6 is 23.2 Å². The molecule has 11 aromatic rings. The van der Waals surface area contributed by atoms with Crippen LogP contribution in [0.4, 0.5) is 40.3 Å². The fourth-order valence-electron chi connectivity index (χ4n) is 12.2. The van der Waals surface area contributed by atoms with Crippen molar-refractivity contribution in [2.45, 2.75) is 113 Å². The van der Waals surface area contributed by atoms with Gasteiger partial charge in [-0.05, 0) is 176 Å². The maximum atomic E-state index is 14.2. The van der Waals surface area contributed by atoms with Crippen molar-refractivity contribution in [2.75, 3.05) is 54.1 Å². The average Bonchev–Trinajstić information content (AvgIpc) is 0.733. The SMILES string of the molecule is CCOC(=O)C(Cc1ccccc1)c1ccc(N)c(F)c1.CCOC(=O)C(Cc1ccccc1)c1ccc(NS(C)(=O)=O)c(F)c1.CCOC(=O)C(Cc1ccccc1)c1ccc([N+](=O)[O-])c(F)c1.CCOC(=O)C(Cl)Cc1ccccc1.CS(=O)(=O)Nc1ccc(C(Cc2ccccc2)C(=O)O)cc1F.NC(Cc1ccccc1)C(=O)O.O=C(O)C(Cl)Cc1ccccc1. The van der Waals surface area contributed by atoms with E-state index in [9.17, 15) is 83.2 Å². The molecular formula is C97H103Cl2F4N5O20S2. The fraction of sp³-hybridized carbons (Fsp3) is 0.247. The second kappa shape index (κ2) is 56.1. The number of hydrogen-bond acceptors (Lipinski definition) is 19. The lowest BCUT2D eigenvalue weighted by atomic mass is 9.91. The first-order chi connectivity index (χ1) is 61.8. The summed E-state index contributed by atoms with van der Waals surface area (Å²) in [6.45, 7) is 8.01. The Labute approximate surface area is 763 Å². The Morgan fingerprint density at radius 2 is 0.623 bits per heavy atom. The summed E-state index contributed by atoms with van der Waals surface area (Å²) in [5.41, 5.74) is 18.1. The first-order valence-corrected chi connectivity index (χ1v) is 45.2. The van der Waals surface area contributed by atoms with Gasteiger partial charge in [0.05, 0.1) is 84.6 Å². The summed E-state index contributed by atoms with van der Waals surface area (Å²) in [6, 6.07) is 80.3. The van der Waals surface area contributed by atoms with Crippen molar-refractivity contribution in [2.24, 2.45) is 5.73 Å². The number of hydrogen-bond donors (Lipinski definition) is 7. The zero-order valence-corrected chi connectivity index (χ0v) is 75.1. The molecule has 0 aliphatic rings. The van der Waals surface area contributed by atoms with Crippen LogP contribution in [0.15, 0.2) is 285 Å². The minimum atomic E-state index is -3.60. The number of nitro benzene ring substituents is 1. The van der Waals surface area contributed by atoms with E-state index in [2.05, 4.69) is 4.72 Å². The predicted molar refractivity (Wildman–Crippen MR) is 492 cm³/mol. The van der Waals surface area contributed by atoms with Gasteiger partial charge in [-0.3, -0.25) is 53.1 Å². The molecule has 0 spiro atoms. The summed E-state index contributed by atoms with van der Waals surface area (Å²) >= 11 is 11.4. The highest BCUT2D eigenvalue weighted by Gasteiger charge is 2.29. The van der Waals surface area contributed by atoms with Crippen molar-refractivity contribution in [3.8, 4) is 0 Å². The third-order valence-electron chi connectivity index (χ3n) is 18.5. The highest BCUT2D eigenvalue weighted by Crippen LogP contribution is 2.32. The molecule has 11 aromatic carbocycles. The number of carboxylic acids is 3. The Morgan fingerprint density at radius 3 is 0.892 bits per heavy atom. The van der Waals surface area contributed by atoms with Gasteiger partial charge in [0.25, 0.3) is 0 Å². The number of nitrogens with zero attached hydrogens (tertiary/aromatic N) is 1. The molecule has 0 aliphatic carbocycles. The standard InChI is InChI=1S/C18H20FNO4S.C17H16FNO4.C17H18FNO2.C16H16FNO4S.C11H13ClO2.C9H9ClO2.C9H11NO2/c1-3-24-18(21)15(11-13-7-5-4-6-8-13)14-9-10-17(16(19)12-14)20-25(2,22)23;1-2-23-17(20)14(10-12-6-4-3-5-7-12)13-8-9-16(19(21)22)15(18)11-13;1-2-21-17(20)14(10-12-6-4-3-5-7-12)13-8-9-16(19)15(18)11-13;1-23(21,22)18-15-8-7-12(10-14(15)17)13(16(19)20)9-11-5-3-2-4-6-11;1-2-14-11(13)10(12)8-9-6-4-3-5-7-9;2*10-8(9(11)12)6-7-4-2-1-3-5-7/h4-10,12,15,20H,3,11H2,1-2H3;3-9,11,14H,2,10H2,1H3;3-9,11,14H,2,10,19H2,1H3;2-8,10,13,18H,9H2,1H3,(H,19,20);3-7,10H,2,8H2,1H3;1-5,8H,6H2,(H,11,12);1-5,8H,6,10H2,(H,11,12). The maximum absolute atomic E-state index is 14.2. The van der Waals surface area contributed by atoms with E-state index in [1.54, 1.807) is 58.0 Å². The zero-order chi connectivity index (χ0) is 95.9. The molecule has 9 N–H and O–H groups in total. The van der Waals surface area contributed by atoms with Crippen molar-refractivity contribution in [1.82, 2.24) is 0 Å².